The van der Waals surface area contributed by atoms with Gasteiger partial charge in [-0.25, -0.2) is 14.8 Å². The van der Waals surface area contributed by atoms with Crippen molar-refractivity contribution < 1.29 is 22.7 Å². The first-order valence-corrected chi connectivity index (χ1v) is 8.56. The number of esters is 1. The molecule has 0 aliphatic rings. The van der Waals surface area contributed by atoms with Crippen LogP contribution in [0.3, 0.4) is 0 Å². The second-order valence-corrected chi connectivity index (χ2v) is 6.73. The van der Waals surface area contributed by atoms with Crippen molar-refractivity contribution in [2.24, 2.45) is 0 Å². The van der Waals surface area contributed by atoms with Crippen molar-refractivity contribution in [3.63, 3.8) is 0 Å². The Balaban J connectivity index is 2.08. The van der Waals surface area contributed by atoms with Crippen LogP contribution in [-0.2, 0) is 9.53 Å². The van der Waals surface area contributed by atoms with Crippen molar-refractivity contribution in [2.45, 2.75) is 18.8 Å². The molecule has 27 heavy (non-hydrogen) atoms. The Hall–Kier alpha value is -2.88. The van der Waals surface area contributed by atoms with Crippen molar-refractivity contribution in [3.8, 4) is 0 Å². The van der Waals surface area contributed by atoms with Gasteiger partial charge >= 0.3 is 17.8 Å². The monoisotopic (exact) mass is 396 g/mol. The van der Waals surface area contributed by atoms with E-state index in [1.807, 2.05) is 0 Å². The molecular weight excluding hydrogens is 381 g/mol. The zero-order valence-corrected chi connectivity index (χ0v) is 15.1. The van der Waals surface area contributed by atoms with E-state index in [1.54, 1.807) is 37.3 Å². The number of hydrogen-bond donors (Lipinski definition) is 2. The van der Waals surface area contributed by atoms with Gasteiger partial charge in [0.15, 0.2) is 5.13 Å². The number of aromatic nitrogens is 2. The SMILES string of the molecule is COC(=O)[C@@](Nc1cc(C)ccn1)(Nc1nc2ccccc2s1)C(F)(F)F. The first-order valence-electron chi connectivity index (χ1n) is 7.75. The molecular formula is C17H15F3N4O2S. The molecule has 0 amide bonds. The Kier molecular flexibility index (Phi) is 4.92. The molecule has 0 aliphatic carbocycles. The highest BCUT2D eigenvalue weighted by Crippen LogP contribution is 2.37. The number of alkyl halides is 3. The molecule has 142 valence electrons. The molecule has 0 bridgehead atoms. The number of anilines is 2. The summed E-state index contributed by atoms with van der Waals surface area (Å²) >= 11 is 0.991. The molecule has 1 atom stereocenters. The molecule has 0 spiro atoms. The first kappa shape index (κ1) is 18.9. The fourth-order valence-corrected chi connectivity index (χ4v) is 3.35. The lowest BCUT2D eigenvalue weighted by Crippen LogP contribution is -2.64. The van der Waals surface area contributed by atoms with Crippen LogP contribution < -0.4 is 10.6 Å². The molecule has 2 heterocycles. The minimum atomic E-state index is -5.05. The Labute approximate surface area is 156 Å². The van der Waals surface area contributed by atoms with Gasteiger partial charge in [0, 0.05) is 6.20 Å². The quantitative estimate of drug-likeness (QED) is 0.502. The number of hydrogen-bond acceptors (Lipinski definition) is 7. The number of aryl methyl sites for hydroxylation is 1. The summed E-state index contributed by atoms with van der Waals surface area (Å²) in [5, 5.41) is 4.27. The van der Waals surface area contributed by atoms with E-state index in [2.05, 4.69) is 25.3 Å². The number of nitrogens with zero attached hydrogens (tertiary/aromatic N) is 2. The van der Waals surface area contributed by atoms with Gasteiger partial charge in [-0.3, -0.25) is 0 Å². The molecule has 3 aromatic rings. The number of nitrogens with one attached hydrogen (secondary N) is 2. The predicted octanol–water partition coefficient (Wildman–Crippen LogP) is 3.96. The molecule has 6 nitrogen and oxygen atoms in total. The molecule has 0 aliphatic heterocycles. The van der Waals surface area contributed by atoms with Gasteiger partial charge < -0.3 is 15.4 Å². The van der Waals surface area contributed by atoms with Crippen LogP contribution >= 0.6 is 11.3 Å². The number of fused-ring (bicyclic) bond motifs is 1. The lowest BCUT2D eigenvalue weighted by molar-refractivity contribution is -0.193. The third-order valence-corrected chi connectivity index (χ3v) is 4.69. The van der Waals surface area contributed by atoms with Gasteiger partial charge in [-0.2, -0.15) is 13.2 Å². The second kappa shape index (κ2) is 7.03. The van der Waals surface area contributed by atoms with Gasteiger partial charge in [0.25, 0.3) is 0 Å². The van der Waals surface area contributed by atoms with Crippen LogP contribution in [0.4, 0.5) is 24.1 Å². The minimum absolute atomic E-state index is 0.0842. The molecule has 1 aromatic carbocycles. The van der Waals surface area contributed by atoms with Crippen LogP contribution in [0.15, 0.2) is 42.6 Å². The maximum Gasteiger partial charge on any atom is 0.441 e. The van der Waals surface area contributed by atoms with Gasteiger partial charge in [0.2, 0.25) is 0 Å². The topological polar surface area (TPSA) is 76.1 Å². The first-order chi connectivity index (χ1) is 12.7. The smallest absolute Gasteiger partial charge is 0.441 e. The molecule has 0 saturated carbocycles. The van der Waals surface area contributed by atoms with E-state index in [-0.39, 0.29) is 10.9 Å². The summed E-state index contributed by atoms with van der Waals surface area (Å²) in [6, 6.07) is 9.87. The van der Waals surface area contributed by atoms with Gasteiger partial charge in [-0.15, -0.1) is 0 Å². The lowest BCUT2D eigenvalue weighted by Gasteiger charge is -2.34. The summed E-state index contributed by atoms with van der Waals surface area (Å²) in [4.78, 5) is 20.3. The predicted molar refractivity (Wildman–Crippen MR) is 96.6 cm³/mol. The average Bonchev–Trinajstić information content (AvgIpc) is 3.01. The molecule has 10 heteroatoms. The van der Waals surface area contributed by atoms with Crippen molar-refractivity contribution in [2.75, 3.05) is 17.7 Å². The number of pyridine rings is 1. The number of rotatable bonds is 5. The van der Waals surface area contributed by atoms with E-state index in [1.165, 1.54) is 12.3 Å². The number of carbonyl (C=O) groups is 1. The summed E-state index contributed by atoms with van der Waals surface area (Å²) in [7, 11) is 0.883. The Morgan fingerprint density at radius 3 is 2.56 bits per heavy atom. The molecule has 2 N–H and O–H groups in total. The lowest BCUT2D eigenvalue weighted by atomic mass is 10.1. The number of para-hydroxylation sites is 1. The van der Waals surface area contributed by atoms with Crippen LogP contribution in [0.2, 0.25) is 0 Å². The summed E-state index contributed by atoms with van der Waals surface area (Å²) in [6.45, 7) is 1.70. The van der Waals surface area contributed by atoms with Crippen molar-refractivity contribution in [1.29, 1.82) is 0 Å². The highest BCUT2D eigenvalue weighted by molar-refractivity contribution is 7.22. The van der Waals surface area contributed by atoms with E-state index >= 15 is 0 Å². The zero-order valence-electron chi connectivity index (χ0n) is 14.3. The highest BCUT2D eigenvalue weighted by Gasteiger charge is 2.63. The van der Waals surface area contributed by atoms with E-state index in [0.717, 1.165) is 18.4 Å². The number of carbonyl (C=O) groups excluding carboxylic acids is 1. The maximum absolute atomic E-state index is 14.1. The van der Waals surface area contributed by atoms with Gasteiger partial charge in [0.1, 0.15) is 5.82 Å². The van der Waals surface area contributed by atoms with E-state index in [0.29, 0.717) is 15.8 Å². The largest absolute Gasteiger partial charge is 0.466 e. The van der Waals surface area contributed by atoms with Crippen LogP contribution in [0, 0.1) is 6.92 Å². The van der Waals surface area contributed by atoms with Gasteiger partial charge in [-0.1, -0.05) is 23.5 Å². The molecule has 0 radical (unpaired) electrons. The molecule has 0 saturated heterocycles. The van der Waals surface area contributed by atoms with Crippen molar-refractivity contribution >= 4 is 38.5 Å². The molecule has 0 fully saturated rings. The number of benzene rings is 1. The van der Waals surface area contributed by atoms with Crippen LogP contribution in [0.1, 0.15) is 5.56 Å². The molecule has 0 unspecified atom stereocenters. The van der Waals surface area contributed by atoms with E-state index in [4.69, 9.17) is 0 Å². The fourth-order valence-electron chi connectivity index (χ4n) is 2.43. The summed E-state index contributed by atoms with van der Waals surface area (Å²) in [5.41, 5.74) is -2.07. The number of halogens is 3. The average molecular weight is 396 g/mol. The van der Waals surface area contributed by atoms with E-state index < -0.39 is 17.8 Å². The zero-order chi connectivity index (χ0) is 19.7. The molecule has 3 rings (SSSR count). The summed E-state index contributed by atoms with van der Waals surface area (Å²) < 4.78 is 47.3. The van der Waals surface area contributed by atoms with Gasteiger partial charge in [0.05, 0.1) is 17.3 Å². The Morgan fingerprint density at radius 2 is 1.93 bits per heavy atom. The number of methoxy groups -OCH3 is 1. The van der Waals surface area contributed by atoms with Crippen LogP contribution in [0.5, 0.6) is 0 Å². The molecule has 2 aromatic heterocycles. The number of thiazole rings is 1. The second-order valence-electron chi connectivity index (χ2n) is 5.69. The van der Waals surface area contributed by atoms with Crippen molar-refractivity contribution in [3.05, 3.63) is 48.2 Å². The van der Waals surface area contributed by atoms with Crippen LogP contribution in [0.25, 0.3) is 10.2 Å². The third kappa shape index (κ3) is 3.65. The normalized spacial score (nSPS) is 13.8. The summed E-state index contributed by atoms with van der Waals surface area (Å²) in [5.74, 6) is -1.69. The summed E-state index contributed by atoms with van der Waals surface area (Å²) in [6.07, 6.45) is -3.71. The van der Waals surface area contributed by atoms with Crippen LogP contribution in [-0.4, -0.2) is 34.9 Å². The van der Waals surface area contributed by atoms with Crippen molar-refractivity contribution in [1.82, 2.24) is 9.97 Å². The standard InChI is InChI=1S/C17H15F3N4O2S/c1-10-7-8-21-13(9-10)23-16(14(25)26-2,17(18,19)20)24-15-22-11-5-3-4-6-12(11)27-15/h3-9H,1-2H3,(H,21,23)(H,22,24)/t16-/m1/s1. The van der Waals surface area contributed by atoms with Gasteiger partial charge in [-0.05, 0) is 36.8 Å². The highest BCUT2D eigenvalue weighted by atomic mass is 32.1. The Bertz CT molecular complexity index is 943. The Morgan fingerprint density at radius 1 is 1.19 bits per heavy atom. The minimum Gasteiger partial charge on any atom is -0.466 e. The van der Waals surface area contributed by atoms with E-state index in [9.17, 15) is 18.0 Å². The maximum atomic E-state index is 14.1. The fraction of sp³-hybridized carbons (Fsp3) is 0.235. The third-order valence-electron chi connectivity index (χ3n) is 3.74. The number of ether oxygens (including phenoxy) is 1.